The van der Waals surface area contributed by atoms with E-state index in [-0.39, 0.29) is 4.90 Å². The van der Waals surface area contributed by atoms with Gasteiger partial charge in [-0.15, -0.1) is 0 Å². The van der Waals surface area contributed by atoms with Gasteiger partial charge in [0.1, 0.15) is 10.6 Å². The first-order valence-electron chi connectivity index (χ1n) is 7.69. The van der Waals surface area contributed by atoms with Crippen LogP contribution in [-0.4, -0.2) is 32.9 Å². The van der Waals surface area contributed by atoms with Crippen LogP contribution in [0.25, 0.3) is 0 Å². The van der Waals surface area contributed by atoms with Crippen LogP contribution < -0.4 is 4.74 Å². The lowest BCUT2D eigenvalue weighted by Crippen LogP contribution is -2.38. The number of thiophene rings is 1. The number of sulfonamides is 1. The number of hydrogen-bond donors (Lipinski definition) is 0. The molecule has 0 amide bonds. The summed E-state index contributed by atoms with van der Waals surface area (Å²) in [6, 6.07) is 7.42. The van der Waals surface area contributed by atoms with Crippen LogP contribution in [0.3, 0.4) is 0 Å². The number of piperidine rings is 1. The molecule has 0 bridgehead atoms. The molecule has 0 saturated carbocycles. The highest BCUT2D eigenvalue weighted by atomic mass is 32.2. The standard InChI is InChI=1S/C17H21NO3S2/c1-13-3-4-16(21-2)17(11-13)23(19,20)18-8-5-14(6-9-18)15-7-10-22-12-15/h3-4,7,10-12,14H,5-6,8-9H2,1-2H3. The van der Waals surface area contributed by atoms with Gasteiger partial charge in [-0.3, -0.25) is 0 Å². The molecule has 1 aliphatic rings. The van der Waals surface area contributed by atoms with Crippen LogP contribution in [-0.2, 0) is 10.0 Å². The van der Waals surface area contributed by atoms with Crippen molar-refractivity contribution in [2.24, 2.45) is 0 Å². The quantitative estimate of drug-likeness (QED) is 0.845. The summed E-state index contributed by atoms with van der Waals surface area (Å²) < 4.78 is 32.8. The van der Waals surface area contributed by atoms with Gasteiger partial charge in [0.25, 0.3) is 0 Å². The van der Waals surface area contributed by atoms with Gasteiger partial charge in [-0.25, -0.2) is 8.42 Å². The number of hydrogen-bond acceptors (Lipinski definition) is 4. The number of methoxy groups -OCH3 is 1. The Morgan fingerprint density at radius 3 is 2.57 bits per heavy atom. The zero-order valence-corrected chi connectivity index (χ0v) is 15.0. The fraction of sp³-hybridized carbons (Fsp3) is 0.412. The highest BCUT2D eigenvalue weighted by Crippen LogP contribution is 2.34. The van der Waals surface area contributed by atoms with Crippen molar-refractivity contribution in [3.8, 4) is 5.75 Å². The number of aryl methyl sites for hydroxylation is 1. The molecule has 0 aliphatic carbocycles. The molecular formula is C17H21NO3S2. The first-order chi connectivity index (χ1) is 11.0. The molecule has 1 saturated heterocycles. The largest absolute Gasteiger partial charge is 0.495 e. The van der Waals surface area contributed by atoms with Gasteiger partial charge in [-0.1, -0.05) is 6.07 Å². The van der Waals surface area contributed by atoms with Gasteiger partial charge in [-0.05, 0) is 65.8 Å². The third-order valence-corrected chi connectivity index (χ3v) is 7.03. The lowest BCUT2D eigenvalue weighted by molar-refractivity contribution is 0.317. The van der Waals surface area contributed by atoms with Crippen LogP contribution in [0.1, 0.15) is 29.9 Å². The Bertz CT molecular complexity index is 761. The first-order valence-corrected chi connectivity index (χ1v) is 10.1. The second-order valence-electron chi connectivity index (χ2n) is 5.89. The SMILES string of the molecule is COc1ccc(C)cc1S(=O)(=O)N1CCC(c2ccsc2)CC1. The van der Waals surface area contributed by atoms with E-state index in [0.717, 1.165) is 18.4 Å². The molecule has 1 aliphatic heterocycles. The molecular weight excluding hydrogens is 330 g/mol. The predicted octanol–water partition coefficient (Wildman–Crippen LogP) is 3.63. The summed E-state index contributed by atoms with van der Waals surface area (Å²) in [6.45, 7) is 3.00. The van der Waals surface area contributed by atoms with E-state index >= 15 is 0 Å². The number of ether oxygens (including phenoxy) is 1. The van der Waals surface area contributed by atoms with E-state index in [1.165, 1.54) is 12.7 Å². The van der Waals surface area contributed by atoms with Gasteiger partial charge in [-0.2, -0.15) is 15.6 Å². The summed E-state index contributed by atoms with van der Waals surface area (Å²) >= 11 is 1.69. The van der Waals surface area contributed by atoms with E-state index in [1.54, 1.807) is 27.8 Å². The average molecular weight is 351 g/mol. The van der Waals surface area contributed by atoms with E-state index in [1.807, 2.05) is 13.0 Å². The van der Waals surface area contributed by atoms with Gasteiger partial charge in [0.05, 0.1) is 7.11 Å². The molecule has 0 spiro atoms. The fourth-order valence-corrected chi connectivity index (χ4v) is 5.51. The molecule has 6 heteroatoms. The predicted molar refractivity (Wildman–Crippen MR) is 92.8 cm³/mol. The molecule has 1 fully saturated rings. The highest BCUT2D eigenvalue weighted by molar-refractivity contribution is 7.89. The van der Waals surface area contributed by atoms with E-state index in [4.69, 9.17) is 4.74 Å². The Balaban J connectivity index is 1.81. The summed E-state index contributed by atoms with van der Waals surface area (Å²) in [6.07, 6.45) is 1.73. The topological polar surface area (TPSA) is 46.6 Å². The van der Waals surface area contributed by atoms with Crippen LogP contribution in [0.5, 0.6) is 5.75 Å². The zero-order chi connectivity index (χ0) is 16.4. The van der Waals surface area contributed by atoms with Gasteiger partial charge < -0.3 is 4.74 Å². The van der Waals surface area contributed by atoms with Crippen molar-refractivity contribution in [3.63, 3.8) is 0 Å². The third kappa shape index (κ3) is 3.29. The van der Waals surface area contributed by atoms with Crippen LogP contribution >= 0.6 is 11.3 Å². The summed E-state index contributed by atoms with van der Waals surface area (Å²) in [5.74, 6) is 0.877. The molecule has 2 aromatic rings. The van der Waals surface area contributed by atoms with Crippen molar-refractivity contribution in [3.05, 3.63) is 46.2 Å². The maximum absolute atomic E-state index is 13.0. The summed E-state index contributed by atoms with van der Waals surface area (Å²) in [5.41, 5.74) is 2.25. The number of benzene rings is 1. The molecule has 23 heavy (non-hydrogen) atoms. The number of nitrogens with zero attached hydrogens (tertiary/aromatic N) is 1. The second-order valence-corrected chi connectivity index (χ2v) is 8.58. The zero-order valence-electron chi connectivity index (χ0n) is 13.4. The molecule has 1 aromatic carbocycles. The molecule has 124 valence electrons. The lowest BCUT2D eigenvalue weighted by Gasteiger charge is -2.31. The minimum absolute atomic E-state index is 0.272. The Kier molecular flexibility index (Phi) is 4.75. The molecule has 1 aromatic heterocycles. The van der Waals surface area contributed by atoms with Crippen LogP contribution in [0, 0.1) is 6.92 Å². The lowest BCUT2D eigenvalue weighted by atomic mass is 9.92. The van der Waals surface area contributed by atoms with Gasteiger partial charge in [0.15, 0.2) is 0 Å². The summed E-state index contributed by atoms with van der Waals surface area (Å²) in [5, 5.41) is 4.24. The maximum Gasteiger partial charge on any atom is 0.246 e. The minimum Gasteiger partial charge on any atom is -0.495 e. The summed E-state index contributed by atoms with van der Waals surface area (Å²) in [7, 11) is -2.00. The Morgan fingerprint density at radius 2 is 1.96 bits per heavy atom. The molecule has 0 radical (unpaired) electrons. The number of rotatable bonds is 4. The van der Waals surface area contributed by atoms with E-state index < -0.39 is 10.0 Å². The smallest absolute Gasteiger partial charge is 0.246 e. The Hall–Kier alpha value is -1.37. The van der Waals surface area contributed by atoms with Crippen LogP contribution in [0.4, 0.5) is 0 Å². The second kappa shape index (κ2) is 6.63. The maximum atomic E-state index is 13.0. The van der Waals surface area contributed by atoms with Crippen LogP contribution in [0.15, 0.2) is 39.9 Å². The third-order valence-electron chi connectivity index (χ3n) is 4.41. The van der Waals surface area contributed by atoms with Crippen LogP contribution in [0.2, 0.25) is 0 Å². The molecule has 0 unspecified atom stereocenters. The van der Waals surface area contributed by atoms with Crippen molar-refractivity contribution in [1.29, 1.82) is 0 Å². The molecule has 3 rings (SSSR count). The van der Waals surface area contributed by atoms with Gasteiger partial charge in [0, 0.05) is 13.1 Å². The van der Waals surface area contributed by atoms with Gasteiger partial charge >= 0.3 is 0 Å². The van der Waals surface area contributed by atoms with E-state index in [0.29, 0.717) is 24.8 Å². The van der Waals surface area contributed by atoms with Crippen molar-refractivity contribution in [2.45, 2.75) is 30.6 Å². The minimum atomic E-state index is -3.51. The normalized spacial score (nSPS) is 17.3. The fourth-order valence-electron chi connectivity index (χ4n) is 3.06. The molecule has 0 N–H and O–H groups in total. The Labute approximate surface area is 141 Å². The first kappa shape index (κ1) is 16.5. The summed E-state index contributed by atoms with van der Waals surface area (Å²) in [4.78, 5) is 0.272. The Morgan fingerprint density at radius 1 is 1.22 bits per heavy atom. The van der Waals surface area contributed by atoms with Crippen molar-refractivity contribution in [1.82, 2.24) is 4.31 Å². The average Bonchev–Trinajstić information content (AvgIpc) is 3.09. The van der Waals surface area contributed by atoms with Crippen molar-refractivity contribution < 1.29 is 13.2 Å². The van der Waals surface area contributed by atoms with Crippen molar-refractivity contribution in [2.75, 3.05) is 20.2 Å². The van der Waals surface area contributed by atoms with E-state index in [2.05, 4.69) is 16.8 Å². The molecule has 0 atom stereocenters. The van der Waals surface area contributed by atoms with Crippen molar-refractivity contribution >= 4 is 21.4 Å². The molecule has 4 nitrogen and oxygen atoms in total. The van der Waals surface area contributed by atoms with E-state index in [9.17, 15) is 8.42 Å². The highest BCUT2D eigenvalue weighted by Gasteiger charge is 2.32. The molecule has 2 heterocycles. The monoisotopic (exact) mass is 351 g/mol. The van der Waals surface area contributed by atoms with Gasteiger partial charge in [0.2, 0.25) is 10.0 Å².